The zero-order valence-electron chi connectivity index (χ0n) is 9.08. The number of halogens is 1. The van der Waals surface area contributed by atoms with E-state index >= 15 is 0 Å². The van der Waals surface area contributed by atoms with Crippen molar-refractivity contribution in [1.29, 1.82) is 0 Å². The molecule has 92 valence electrons. The lowest BCUT2D eigenvalue weighted by Gasteiger charge is -2.04. The topological polar surface area (TPSA) is 86.5 Å². The second-order valence-electron chi connectivity index (χ2n) is 3.21. The van der Waals surface area contributed by atoms with Gasteiger partial charge in [0.05, 0.1) is 6.61 Å². The molecule has 9 heteroatoms. The van der Waals surface area contributed by atoms with Gasteiger partial charge in [-0.25, -0.2) is 13.4 Å². The Morgan fingerprint density at radius 1 is 1.47 bits per heavy atom. The molecule has 17 heavy (non-hydrogen) atoms. The number of hydrogen-bond acceptors (Lipinski definition) is 6. The molecular formula is C8H9ClN4O3S. The highest BCUT2D eigenvalue weighted by molar-refractivity contribution is 8.13. The lowest BCUT2D eigenvalue weighted by Crippen LogP contribution is -2.02. The summed E-state index contributed by atoms with van der Waals surface area (Å²) in [6.07, 6.45) is 0. The minimum atomic E-state index is -3.98. The molecule has 2 heterocycles. The highest BCUT2D eigenvalue weighted by Gasteiger charge is 2.19. The second-order valence-corrected chi connectivity index (χ2v) is 5.67. The smallest absolute Gasteiger partial charge is 0.298 e. The Balaban J connectivity index is 2.71. The van der Waals surface area contributed by atoms with Crippen molar-refractivity contribution in [2.45, 2.75) is 19.0 Å². The molecular weight excluding hydrogens is 268 g/mol. The van der Waals surface area contributed by atoms with Gasteiger partial charge in [-0.2, -0.15) is 9.50 Å². The van der Waals surface area contributed by atoms with Gasteiger partial charge in [0.25, 0.3) is 20.0 Å². The third-order valence-electron chi connectivity index (χ3n) is 1.90. The van der Waals surface area contributed by atoms with Crippen LogP contribution < -0.4 is 4.74 Å². The zero-order valence-corrected chi connectivity index (χ0v) is 10.7. The maximum absolute atomic E-state index is 11.1. The van der Waals surface area contributed by atoms with Crippen LogP contribution in [0.15, 0.2) is 11.2 Å². The monoisotopic (exact) mass is 276 g/mol. The third-order valence-corrected chi connectivity index (χ3v) is 2.92. The van der Waals surface area contributed by atoms with Crippen LogP contribution in [0.3, 0.4) is 0 Å². The van der Waals surface area contributed by atoms with Gasteiger partial charge >= 0.3 is 0 Å². The molecule has 0 bridgehead atoms. The van der Waals surface area contributed by atoms with Crippen LogP contribution in [0.5, 0.6) is 5.88 Å². The van der Waals surface area contributed by atoms with Crippen molar-refractivity contribution >= 4 is 25.5 Å². The lowest BCUT2D eigenvalue weighted by atomic mass is 10.4. The molecule has 0 unspecified atom stereocenters. The molecule has 7 nitrogen and oxygen atoms in total. The van der Waals surface area contributed by atoms with Crippen molar-refractivity contribution in [3.8, 4) is 5.88 Å². The largest absolute Gasteiger partial charge is 0.478 e. The minimum Gasteiger partial charge on any atom is -0.478 e. The molecule has 0 aliphatic rings. The predicted octanol–water partition coefficient (Wildman–Crippen LogP) is 0.759. The van der Waals surface area contributed by atoms with Crippen LogP contribution in [-0.2, 0) is 9.05 Å². The van der Waals surface area contributed by atoms with Crippen LogP contribution in [0.25, 0.3) is 5.78 Å². The molecule has 0 aromatic carbocycles. The van der Waals surface area contributed by atoms with Gasteiger partial charge in [-0.15, -0.1) is 5.10 Å². The van der Waals surface area contributed by atoms with Gasteiger partial charge in [-0.05, 0) is 13.8 Å². The fourth-order valence-corrected chi connectivity index (χ4v) is 1.86. The fourth-order valence-electron chi connectivity index (χ4n) is 1.29. The fraction of sp³-hybridized carbons (Fsp3) is 0.375. The first-order chi connectivity index (χ1) is 7.91. The van der Waals surface area contributed by atoms with Crippen molar-refractivity contribution in [1.82, 2.24) is 19.6 Å². The van der Waals surface area contributed by atoms with E-state index in [1.807, 2.05) is 0 Å². The van der Waals surface area contributed by atoms with Gasteiger partial charge in [-0.1, -0.05) is 0 Å². The van der Waals surface area contributed by atoms with Gasteiger partial charge in [0.2, 0.25) is 5.88 Å². The van der Waals surface area contributed by atoms with Crippen molar-refractivity contribution in [3.63, 3.8) is 0 Å². The first-order valence-corrected chi connectivity index (χ1v) is 7.04. The number of nitrogens with zero attached hydrogens (tertiary/aromatic N) is 4. The highest BCUT2D eigenvalue weighted by Crippen LogP contribution is 2.17. The standard InChI is InChI=1S/C8H9ClN4O3S/c1-3-16-6-4-5(2)10-7-11-8(12-13(6)7)17(9,14)15/h4H,3H2,1-2H3. The molecule has 0 atom stereocenters. The zero-order chi connectivity index (χ0) is 12.6. The Labute approximate surface area is 102 Å². The van der Waals surface area contributed by atoms with Crippen LogP contribution in [-0.4, -0.2) is 34.6 Å². The molecule has 0 N–H and O–H groups in total. The van der Waals surface area contributed by atoms with E-state index in [0.717, 1.165) is 0 Å². The average Bonchev–Trinajstić information content (AvgIpc) is 2.61. The molecule has 0 spiro atoms. The molecule has 2 aromatic heterocycles. The van der Waals surface area contributed by atoms with Crippen LogP contribution in [0.1, 0.15) is 12.6 Å². The number of aromatic nitrogens is 4. The summed E-state index contributed by atoms with van der Waals surface area (Å²) in [6, 6.07) is 1.63. The van der Waals surface area contributed by atoms with Crippen LogP contribution >= 0.6 is 10.7 Å². The number of hydrogen-bond donors (Lipinski definition) is 0. The number of aryl methyl sites for hydroxylation is 1. The molecule has 0 saturated heterocycles. The van der Waals surface area contributed by atoms with Crippen LogP contribution in [0.4, 0.5) is 0 Å². The Morgan fingerprint density at radius 3 is 2.76 bits per heavy atom. The first-order valence-electron chi connectivity index (χ1n) is 4.73. The molecule has 0 saturated carbocycles. The molecule has 0 fully saturated rings. The lowest BCUT2D eigenvalue weighted by molar-refractivity contribution is 0.316. The van der Waals surface area contributed by atoms with E-state index in [9.17, 15) is 8.42 Å². The minimum absolute atomic E-state index is 0.132. The summed E-state index contributed by atoms with van der Waals surface area (Å²) < 4.78 is 28.7. The summed E-state index contributed by atoms with van der Waals surface area (Å²) in [6.45, 7) is 3.96. The summed E-state index contributed by atoms with van der Waals surface area (Å²) >= 11 is 0. The maximum Gasteiger partial charge on any atom is 0.298 e. The SMILES string of the molecule is CCOc1cc(C)nc2nc(S(=O)(=O)Cl)nn12. The normalized spacial score (nSPS) is 11.9. The number of rotatable bonds is 3. The van der Waals surface area contributed by atoms with E-state index in [1.54, 1.807) is 19.9 Å². The van der Waals surface area contributed by atoms with Gasteiger partial charge in [-0.3, -0.25) is 0 Å². The highest BCUT2D eigenvalue weighted by atomic mass is 35.7. The summed E-state index contributed by atoms with van der Waals surface area (Å²) in [4.78, 5) is 7.77. The average molecular weight is 277 g/mol. The summed E-state index contributed by atoms with van der Waals surface area (Å²) in [5.74, 6) is 0.502. The molecule has 0 aliphatic heterocycles. The molecule has 2 aromatic rings. The Kier molecular flexibility index (Phi) is 2.92. The molecule has 2 rings (SSSR count). The second kappa shape index (κ2) is 4.11. The summed E-state index contributed by atoms with van der Waals surface area (Å²) in [7, 11) is 1.19. The maximum atomic E-state index is 11.1. The number of fused-ring (bicyclic) bond motifs is 1. The molecule has 0 radical (unpaired) electrons. The van der Waals surface area contributed by atoms with E-state index in [2.05, 4.69) is 15.1 Å². The first kappa shape index (κ1) is 12.1. The molecule has 0 amide bonds. The van der Waals surface area contributed by atoms with Crippen molar-refractivity contribution in [3.05, 3.63) is 11.8 Å². The Hall–Kier alpha value is -1.41. The Morgan fingerprint density at radius 2 is 2.18 bits per heavy atom. The van der Waals surface area contributed by atoms with Crippen LogP contribution in [0, 0.1) is 6.92 Å². The van der Waals surface area contributed by atoms with E-state index in [4.69, 9.17) is 15.4 Å². The van der Waals surface area contributed by atoms with Gasteiger partial charge in [0.15, 0.2) is 0 Å². The summed E-state index contributed by atoms with van der Waals surface area (Å²) in [5, 5.41) is 3.25. The Bertz CT molecular complexity index is 667. The van der Waals surface area contributed by atoms with Crippen molar-refractivity contribution in [2.24, 2.45) is 0 Å². The van der Waals surface area contributed by atoms with E-state index in [-0.39, 0.29) is 5.78 Å². The van der Waals surface area contributed by atoms with E-state index < -0.39 is 14.2 Å². The van der Waals surface area contributed by atoms with E-state index in [1.165, 1.54) is 4.52 Å². The van der Waals surface area contributed by atoms with Crippen LogP contribution in [0.2, 0.25) is 0 Å². The molecule has 0 aliphatic carbocycles. The van der Waals surface area contributed by atoms with Gasteiger partial charge < -0.3 is 4.74 Å². The predicted molar refractivity (Wildman–Crippen MR) is 59.7 cm³/mol. The quantitative estimate of drug-likeness (QED) is 0.769. The van der Waals surface area contributed by atoms with E-state index in [0.29, 0.717) is 18.2 Å². The number of ether oxygens (including phenoxy) is 1. The van der Waals surface area contributed by atoms with Crippen molar-refractivity contribution < 1.29 is 13.2 Å². The van der Waals surface area contributed by atoms with Gasteiger partial charge in [0, 0.05) is 22.4 Å². The third kappa shape index (κ3) is 2.32. The van der Waals surface area contributed by atoms with Crippen molar-refractivity contribution in [2.75, 3.05) is 6.61 Å². The van der Waals surface area contributed by atoms with Gasteiger partial charge in [0.1, 0.15) is 0 Å². The summed E-state index contributed by atoms with van der Waals surface area (Å²) in [5.41, 5.74) is 0.645.